The predicted octanol–water partition coefficient (Wildman–Crippen LogP) is 7.11. The number of hydrogen-bond acceptors (Lipinski definition) is 4. The van der Waals surface area contributed by atoms with Crippen molar-refractivity contribution in [3.8, 4) is 5.75 Å². The SMILES string of the molecule is CCCCOc1ccccc1C(=O)Nc1ccccc1C(=O)Nc1ccc(Nc2ccccc2)cc1. The van der Waals surface area contributed by atoms with E-state index in [9.17, 15) is 9.59 Å². The Balaban J connectivity index is 1.44. The third-order valence-corrected chi connectivity index (χ3v) is 5.51. The molecule has 36 heavy (non-hydrogen) atoms. The zero-order valence-corrected chi connectivity index (χ0v) is 20.2. The van der Waals surface area contributed by atoms with Crippen LogP contribution in [0.15, 0.2) is 103 Å². The van der Waals surface area contributed by atoms with Crippen molar-refractivity contribution < 1.29 is 14.3 Å². The van der Waals surface area contributed by atoms with Crippen LogP contribution in [-0.4, -0.2) is 18.4 Å². The number of hydrogen-bond donors (Lipinski definition) is 3. The van der Waals surface area contributed by atoms with Crippen LogP contribution in [-0.2, 0) is 0 Å². The average Bonchev–Trinajstić information content (AvgIpc) is 2.91. The van der Waals surface area contributed by atoms with Crippen molar-refractivity contribution in [1.29, 1.82) is 0 Å². The Kier molecular flexibility index (Phi) is 8.33. The summed E-state index contributed by atoms with van der Waals surface area (Å²) in [5, 5.41) is 9.09. The van der Waals surface area contributed by atoms with Crippen molar-refractivity contribution in [3.05, 3.63) is 114 Å². The van der Waals surface area contributed by atoms with Crippen molar-refractivity contribution in [3.63, 3.8) is 0 Å². The molecule has 3 N–H and O–H groups in total. The van der Waals surface area contributed by atoms with Gasteiger partial charge in [-0.2, -0.15) is 0 Å². The lowest BCUT2D eigenvalue weighted by molar-refractivity contribution is 0.102. The molecule has 0 unspecified atom stereocenters. The second-order valence-corrected chi connectivity index (χ2v) is 8.22. The van der Waals surface area contributed by atoms with Crippen LogP contribution in [0.3, 0.4) is 0 Å². The number of benzene rings is 4. The minimum absolute atomic E-state index is 0.317. The van der Waals surface area contributed by atoms with E-state index in [0.29, 0.717) is 34.9 Å². The zero-order valence-electron chi connectivity index (χ0n) is 20.2. The third-order valence-electron chi connectivity index (χ3n) is 5.51. The van der Waals surface area contributed by atoms with Gasteiger partial charge in [-0.1, -0.05) is 55.8 Å². The van der Waals surface area contributed by atoms with Gasteiger partial charge in [0.05, 0.1) is 23.4 Å². The van der Waals surface area contributed by atoms with Crippen LogP contribution in [0.4, 0.5) is 22.7 Å². The molecule has 0 radical (unpaired) electrons. The van der Waals surface area contributed by atoms with Crippen molar-refractivity contribution >= 4 is 34.6 Å². The van der Waals surface area contributed by atoms with Gasteiger partial charge in [-0.25, -0.2) is 0 Å². The summed E-state index contributed by atoms with van der Waals surface area (Å²) in [6.45, 7) is 2.62. The van der Waals surface area contributed by atoms with Crippen LogP contribution in [0.5, 0.6) is 5.75 Å². The summed E-state index contributed by atoms with van der Waals surface area (Å²) < 4.78 is 5.79. The van der Waals surface area contributed by atoms with Gasteiger partial charge in [0, 0.05) is 17.1 Å². The number of para-hydroxylation sites is 3. The number of amides is 2. The molecule has 0 heterocycles. The first-order valence-electron chi connectivity index (χ1n) is 12.0. The molecule has 0 aliphatic heterocycles. The molecule has 2 amide bonds. The van der Waals surface area contributed by atoms with Gasteiger partial charge < -0.3 is 20.7 Å². The van der Waals surface area contributed by atoms with Crippen molar-refractivity contribution in [2.45, 2.75) is 19.8 Å². The molecule has 0 saturated carbocycles. The van der Waals surface area contributed by atoms with Gasteiger partial charge in [-0.05, 0) is 67.1 Å². The van der Waals surface area contributed by atoms with E-state index in [1.807, 2.05) is 60.7 Å². The molecule has 182 valence electrons. The van der Waals surface area contributed by atoms with E-state index in [2.05, 4.69) is 22.9 Å². The third kappa shape index (κ3) is 6.51. The first kappa shape index (κ1) is 24.5. The minimum atomic E-state index is -0.335. The molecule has 0 fully saturated rings. The second-order valence-electron chi connectivity index (χ2n) is 8.22. The highest BCUT2D eigenvalue weighted by molar-refractivity contribution is 6.13. The Morgan fingerprint density at radius 2 is 1.22 bits per heavy atom. The maximum atomic E-state index is 13.1. The second kappa shape index (κ2) is 12.2. The van der Waals surface area contributed by atoms with E-state index < -0.39 is 0 Å². The molecule has 6 nitrogen and oxygen atoms in total. The van der Waals surface area contributed by atoms with Gasteiger partial charge in [0.1, 0.15) is 5.75 Å². The van der Waals surface area contributed by atoms with Gasteiger partial charge >= 0.3 is 0 Å². The lowest BCUT2D eigenvalue weighted by Gasteiger charge is -2.14. The van der Waals surface area contributed by atoms with Crippen molar-refractivity contribution in [2.75, 3.05) is 22.6 Å². The lowest BCUT2D eigenvalue weighted by Crippen LogP contribution is -2.19. The number of carbonyl (C=O) groups excluding carboxylic acids is 2. The van der Waals surface area contributed by atoms with Crippen molar-refractivity contribution in [2.24, 2.45) is 0 Å². The Labute approximate surface area is 211 Å². The van der Waals surface area contributed by atoms with E-state index in [1.165, 1.54) is 0 Å². The molecule has 4 rings (SSSR count). The molecule has 4 aromatic rings. The van der Waals surface area contributed by atoms with Gasteiger partial charge in [-0.3, -0.25) is 9.59 Å². The molecule has 0 saturated heterocycles. The molecule has 0 spiro atoms. The Hall–Kier alpha value is -4.58. The monoisotopic (exact) mass is 479 g/mol. The van der Waals surface area contributed by atoms with Crippen LogP contribution in [0, 0.1) is 0 Å². The van der Waals surface area contributed by atoms with Crippen LogP contribution in [0.25, 0.3) is 0 Å². The van der Waals surface area contributed by atoms with Gasteiger partial charge in [-0.15, -0.1) is 0 Å². The molecule has 6 heteroatoms. The average molecular weight is 480 g/mol. The maximum absolute atomic E-state index is 13.1. The number of carbonyl (C=O) groups is 2. The molecule has 4 aromatic carbocycles. The molecule has 0 aliphatic carbocycles. The Bertz CT molecular complexity index is 1300. The van der Waals surface area contributed by atoms with E-state index in [-0.39, 0.29) is 11.8 Å². The smallest absolute Gasteiger partial charge is 0.259 e. The number of ether oxygens (including phenoxy) is 1. The molecular weight excluding hydrogens is 450 g/mol. The van der Waals surface area contributed by atoms with Crippen molar-refractivity contribution in [1.82, 2.24) is 0 Å². The molecule has 0 atom stereocenters. The Morgan fingerprint density at radius 3 is 1.97 bits per heavy atom. The fourth-order valence-corrected chi connectivity index (χ4v) is 3.61. The fraction of sp³-hybridized carbons (Fsp3) is 0.133. The topological polar surface area (TPSA) is 79.5 Å². The van der Waals surface area contributed by atoms with E-state index in [0.717, 1.165) is 24.2 Å². The lowest BCUT2D eigenvalue weighted by atomic mass is 10.1. The first-order chi connectivity index (χ1) is 17.6. The van der Waals surface area contributed by atoms with Crippen LogP contribution in [0.2, 0.25) is 0 Å². The van der Waals surface area contributed by atoms with Gasteiger partial charge in [0.15, 0.2) is 0 Å². The maximum Gasteiger partial charge on any atom is 0.259 e. The van der Waals surface area contributed by atoms with E-state index in [1.54, 1.807) is 42.5 Å². The van der Waals surface area contributed by atoms with Crippen LogP contribution < -0.4 is 20.7 Å². The molecule has 0 bridgehead atoms. The molecule has 0 aromatic heterocycles. The number of nitrogens with one attached hydrogen (secondary N) is 3. The normalized spacial score (nSPS) is 10.4. The summed E-state index contributed by atoms with van der Waals surface area (Å²) in [7, 11) is 0. The molecule has 0 aliphatic rings. The first-order valence-corrected chi connectivity index (χ1v) is 12.0. The molecular formula is C30H29N3O3. The fourth-order valence-electron chi connectivity index (χ4n) is 3.61. The van der Waals surface area contributed by atoms with E-state index in [4.69, 9.17) is 4.74 Å². The minimum Gasteiger partial charge on any atom is -0.493 e. The van der Waals surface area contributed by atoms with Gasteiger partial charge in [0.2, 0.25) is 0 Å². The summed E-state index contributed by atoms with van der Waals surface area (Å²) in [5.41, 5.74) is 3.75. The highest BCUT2D eigenvalue weighted by Gasteiger charge is 2.17. The number of anilines is 4. The van der Waals surface area contributed by atoms with E-state index >= 15 is 0 Å². The van der Waals surface area contributed by atoms with Crippen LogP contribution >= 0.6 is 0 Å². The predicted molar refractivity (Wildman–Crippen MR) is 145 cm³/mol. The summed E-state index contributed by atoms with van der Waals surface area (Å²) in [6.07, 6.45) is 1.91. The van der Waals surface area contributed by atoms with Gasteiger partial charge in [0.25, 0.3) is 11.8 Å². The largest absolute Gasteiger partial charge is 0.493 e. The van der Waals surface area contributed by atoms with Crippen LogP contribution in [0.1, 0.15) is 40.5 Å². The highest BCUT2D eigenvalue weighted by atomic mass is 16.5. The summed E-state index contributed by atoms with van der Waals surface area (Å²) >= 11 is 0. The zero-order chi connectivity index (χ0) is 25.2. The summed E-state index contributed by atoms with van der Waals surface area (Å²) in [6, 6.07) is 31.3. The standard InChI is InChI=1S/C30H29N3O3/c1-2-3-21-36-28-16-10-8-14-26(28)30(35)33-27-15-9-7-13-25(27)29(34)32-24-19-17-23(18-20-24)31-22-11-5-4-6-12-22/h4-20,31H,2-3,21H2,1H3,(H,32,34)(H,33,35). The summed E-state index contributed by atoms with van der Waals surface area (Å²) in [4.78, 5) is 26.1. The number of unbranched alkanes of at least 4 members (excludes halogenated alkanes) is 1. The Morgan fingerprint density at radius 1 is 0.639 bits per heavy atom. The number of rotatable bonds is 10. The summed E-state index contributed by atoms with van der Waals surface area (Å²) in [5.74, 6) is -0.129. The highest BCUT2D eigenvalue weighted by Crippen LogP contribution is 2.24. The quantitative estimate of drug-likeness (QED) is 0.212.